The molecule has 1 amide bonds. The molecule has 0 atom stereocenters. The zero-order valence-electron chi connectivity index (χ0n) is 20.0. The standard InChI is InChI=1S/C22H34N2O12/c23-16-22(27)34-14-12-32-10-8-30-7-9-31-11-13-33-21(26)4-3-20(25)24-6-5-17-1-2-18(35-28)19(15-17)36-29/h1-2,15,28-29H,3-14,16,23H2,(H,24,25). The highest BCUT2D eigenvalue weighted by Crippen LogP contribution is 2.27. The Kier molecular flexibility index (Phi) is 17.4. The Morgan fingerprint density at radius 1 is 0.750 bits per heavy atom. The van der Waals surface area contributed by atoms with Gasteiger partial charge in [0, 0.05) is 13.0 Å². The fourth-order valence-corrected chi connectivity index (χ4v) is 2.61. The summed E-state index contributed by atoms with van der Waals surface area (Å²) in [6.07, 6.45) is 0.345. The van der Waals surface area contributed by atoms with Crippen LogP contribution < -0.4 is 20.8 Å². The highest BCUT2D eigenvalue weighted by atomic mass is 17.1. The maximum Gasteiger partial charge on any atom is 0.319 e. The highest BCUT2D eigenvalue weighted by Gasteiger charge is 2.10. The fraction of sp³-hybridized carbons (Fsp3) is 0.591. The van der Waals surface area contributed by atoms with Crippen molar-refractivity contribution in [3.05, 3.63) is 23.8 Å². The van der Waals surface area contributed by atoms with Crippen molar-refractivity contribution in [3.63, 3.8) is 0 Å². The monoisotopic (exact) mass is 518 g/mol. The van der Waals surface area contributed by atoms with Crippen LogP contribution in [-0.2, 0) is 44.5 Å². The van der Waals surface area contributed by atoms with Crippen LogP contribution in [0.3, 0.4) is 0 Å². The zero-order valence-corrected chi connectivity index (χ0v) is 20.0. The second kappa shape index (κ2) is 20.2. The lowest BCUT2D eigenvalue weighted by atomic mass is 10.1. The van der Waals surface area contributed by atoms with E-state index in [1.165, 1.54) is 12.1 Å². The van der Waals surface area contributed by atoms with Crippen molar-refractivity contribution in [2.24, 2.45) is 5.73 Å². The van der Waals surface area contributed by atoms with Crippen molar-refractivity contribution in [1.29, 1.82) is 0 Å². The predicted octanol–water partition coefficient (Wildman–Crippen LogP) is -0.0760. The van der Waals surface area contributed by atoms with Crippen LogP contribution in [0.4, 0.5) is 0 Å². The molecule has 1 aromatic carbocycles. The van der Waals surface area contributed by atoms with Gasteiger partial charge < -0.3 is 44.5 Å². The molecule has 5 N–H and O–H groups in total. The summed E-state index contributed by atoms with van der Waals surface area (Å²) < 4.78 is 25.5. The summed E-state index contributed by atoms with van der Waals surface area (Å²) in [7, 11) is 0. The zero-order chi connectivity index (χ0) is 26.4. The van der Waals surface area contributed by atoms with E-state index in [9.17, 15) is 14.4 Å². The molecule has 0 aliphatic carbocycles. The Labute approximate surface area is 208 Å². The molecular formula is C22H34N2O12. The molecule has 0 aliphatic heterocycles. The normalized spacial score (nSPS) is 10.5. The van der Waals surface area contributed by atoms with Crippen LogP contribution in [0.1, 0.15) is 18.4 Å². The van der Waals surface area contributed by atoms with Crippen LogP contribution in [0.2, 0.25) is 0 Å². The van der Waals surface area contributed by atoms with E-state index in [0.29, 0.717) is 39.4 Å². The van der Waals surface area contributed by atoms with Gasteiger partial charge in [-0.3, -0.25) is 14.4 Å². The summed E-state index contributed by atoms with van der Waals surface area (Å²) in [5.74, 6) is -1.42. The maximum atomic E-state index is 11.9. The Hall–Kier alpha value is -3.01. The Balaban J connectivity index is 1.94. The summed E-state index contributed by atoms with van der Waals surface area (Å²) in [5, 5.41) is 20.1. The molecule has 0 heterocycles. The smallest absolute Gasteiger partial charge is 0.319 e. The first kappa shape index (κ1) is 31.0. The minimum atomic E-state index is -0.511. The van der Waals surface area contributed by atoms with E-state index in [4.69, 9.17) is 39.9 Å². The number of hydrogen-bond acceptors (Lipinski definition) is 13. The Morgan fingerprint density at radius 3 is 1.86 bits per heavy atom. The molecular weight excluding hydrogens is 484 g/mol. The number of carbonyl (C=O) groups excluding carboxylic acids is 3. The van der Waals surface area contributed by atoms with Gasteiger partial charge in [0.05, 0.1) is 52.6 Å². The SMILES string of the molecule is NCC(=O)OCCOCCOCCOCCOC(=O)CCC(=O)NCCc1ccc(OO)c(OO)c1. The number of amides is 1. The molecule has 0 aromatic heterocycles. The Morgan fingerprint density at radius 2 is 1.31 bits per heavy atom. The fourth-order valence-electron chi connectivity index (χ4n) is 2.61. The van der Waals surface area contributed by atoms with Gasteiger partial charge in [0.1, 0.15) is 13.2 Å². The first-order valence-electron chi connectivity index (χ1n) is 11.3. The van der Waals surface area contributed by atoms with Gasteiger partial charge in [-0.1, -0.05) is 6.07 Å². The van der Waals surface area contributed by atoms with E-state index in [2.05, 4.69) is 15.1 Å². The topological polar surface area (TPSA) is 194 Å². The summed E-state index contributed by atoms with van der Waals surface area (Å²) in [4.78, 5) is 42.5. The minimum absolute atomic E-state index is 0.0205. The van der Waals surface area contributed by atoms with Gasteiger partial charge in [-0.15, -0.1) is 0 Å². The number of hydrogen-bond donors (Lipinski definition) is 4. The largest absolute Gasteiger partial charge is 0.463 e. The van der Waals surface area contributed by atoms with E-state index >= 15 is 0 Å². The van der Waals surface area contributed by atoms with E-state index in [1.54, 1.807) is 6.07 Å². The molecule has 36 heavy (non-hydrogen) atoms. The van der Waals surface area contributed by atoms with Crippen molar-refractivity contribution in [2.75, 3.05) is 65.9 Å². The highest BCUT2D eigenvalue weighted by molar-refractivity contribution is 5.81. The van der Waals surface area contributed by atoms with Gasteiger partial charge >= 0.3 is 11.9 Å². The van der Waals surface area contributed by atoms with Crippen LogP contribution >= 0.6 is 0 Å². The summed E-state index contributed by atoms with van der Waals surface area (Å²) in [5.41, 5.74) is 5.81. The second-order valence-electron chi connectivity index (χ2n) is 7.05. The molecule has 0 aliphatic rings. The van der Waals surface area contributed by atoms with Crippen molar-refractivity contribution in [1.82, 2.24) is 5.32 Å². The molecule has 204 valence electrons. The molecule has 14 heteroatoms. The van der Waals surface area contributed by atoms with Crippen molar-refractivity contribution < 1.29 is 58.4 Å². The third-order valence-electron chi connectivity index (χ3n) is 4.39. The van der Waals surface area contributed by atoms with Crippen LogP contribution in [0, 0.1) is 0 Å². The summed E-state index contributed by atoms with van der Waals surface area (Å²) in [6, 6.07) is 4.49. The molecule has 0 saturated heterocycles. The van der Waals surface area contributed by atoms with Gasteiger partial charge in [-0.2, -0.15) is 0 Å². The lowest BCUT2D eigenvalue weighted by Gasteiger charge is -2.09. The van der Waals surface area contributed by atoms with Gasteiger partial charge in [0.25, 0.3) is 0 Å². The van der Waals surface area contributed by atoms with Crippen LogP contribution in [0.15, 0.2) is 18.2 Å². The van der Waals surface area contributed by atoms with Crippen molar-refractivity contribution in [2.45, 2.75) is 19.3 Å². The lowest BCUT2D eigenvalue weighted by Crippen LogP contribution is -2.26. The average Bonchev–Trinajstić information content (AvgIpc) is 2.89. The van der Waals surface area contributed by atoms with Crippen molar-refractivity contribution >= 4 is 17.8 Å². The van der Waals surface area contributed by atoms with Gasteiger partial charge in [-0.05, 0) is 24.1 Å². The molecule has 1 rings (SSSR count). The van der Waals surface area contributed by atoms with E-state index in [-0.39, 0.29) is 63.2 Å². The first-order chi connectivity index (χ1) is 17.5. The van der Waals surface area contributed by atoms with Crippen LogP contribution in [-0.4, -0.2) is 94.3 Å². The second-order valence-corrected chi connectivity index (χ2v) is 7.05. The average molecular weight is 519 g/mol. The number of nitrogens with two attached hydrogens (primary N) is 1. The minimum Gasteiger partial charge on any atom is -0.463 e. The van der Waals surface area contributed by atoms with E-state index in [0.717, 1.165) is 5.56 Å². The van der Waals surface area contributed by atoms with E-state index < -0.39 is 11.9 Å². The quantitative estimate of drug-likeness (QED) is 0.0731. The van der Waals surface area contributed by atoms with Gasteiger partial charge in [0.2, 0.25) is 17.4 Å². The molecule has 0 bridgehead atoms. The third kappa shape index (κ3) is 15.1. The lowest BCUT2D eigenvalue weighted by molar-refractivity contribution is -0.164. The molecule has 0 fully saturated rings. The molecule has 14 nitrogen and oxygen atoms in total. The van der Waals surface area contributed by atoms with Crippen LogP contribution in [0.5, 0.6) is 11.5 Å². The first-order valence-corrected chi connectivity index (χ1v) is 11.3. The molecule has 1 aromatic rings. The predicted molar refractivity (Wildman–Crippen MR) is 122 cm³/mol. The Bertz CT molecular complexity index is 777. The van der Waals surface area contributed by atoms with Gasteiger partial charge in [0.15, 0.2) is 0 Å². The van der Waals surface area contributed by atoms with Gasteiger partial charge in [-0.25, -0.2) is 10.5 Å². The van der Waals surface area contributed by atoms with E-state index in [1.807, 2.05) is 0 Å². The number of esters is 2. The number of benzene rings is 1. The number of rotatable bonds is 21. The molecule has 0 radical (unpaired) electrons. The molecule has 0 spiro atoms. The van der Waals surface area contributed by atoms with Crippen molar-refractivity contribution in [3.8, 4) is 11.5 Å². The number of ether oxygens (including phenoxy) is 5. The summed E-state index contributed by atoms with van der Waals surface area (Å²) >= 11 is 0. The third-order valence-corrected chi connectivity index (χ3v) is 4.39. The molecule has 0 unspecified atom stereocenters. The number of carbonyl (C=O) groups is 3. The summed E-state index contributed by atoms with van der Waals surface area (Å²) in [6.45, 7) is 2.16. The van der Waals surface area contributed by atoms with Crippen LogP contribution in [0.25, 0.3) is 0 Å². The molecule has 0 saturated carbocycles. The maximum absolute atomic E-state index is 11.9. The number of nitrogens with one attached hydrogen (secondary N) is 1.